The number of nitrogens with zero attached hydrogens (tertiary/aromatic N) is 2. The lowest BCUT2D eigenvalue weighted by Crippen LogP contribution is -2.41. The predicted molar refractivity (Wildman–Crippen MR) is 125 cm³/mol. The van der Waals surface area contributed by atoms with Gasteiger partial charge in [0.05, 0.1) is 31.5 Å². The highest BCUT2D eigenvalue weighted by atomic mass is 32.1. The molecule has 168 valence electrons. The summed E-state index contributed by atoms with van der Waals surface area (Å²) in [5, 5.41) is 0.659. The Hall–Kier alpha value is -3.26. The Morgan fingerprint density at radius 2 is 1.81 bits per heavy atom. The fourth-order valence-electron chi connectivity index (χ4n) is 3.63. The maximum atomic E-state index is 12.6. The molecule has 1 fully saturated rings. The third-order valence-corrected chi connectivity index (χ3v) is 6.33. The molecule has 1 aliphatic heterocycles. The van der Waals surface area contributed by atoms with E-state index in [0.29, 0.717) is 29.8 Å². The van der Waals surface area contributed by atoms with Crippen molar-refractivity contribution in [2.45, 2.75) is 18.9 Å². The smallest absolute Gasteiger partial charge is 0.274 e. The second-order valence-corrected chi connectivity index (χ2v) is 8.40. The zero-order valence-electron chi connectivity index (χ0n) is 18.4. The Morgan fingerprint density at radius 1 is 1.03 bits per heavy atom. The lowest BCUT2D eigenvalue weighted by molar-refractivity contribution is -0.127. The summed E-state index contributed by atoms with van der Waals surface area (Å²) < 4.78 is 23.0. The molecule has 0 N–H and O–H groups in total. The number of likely N-dealkylation sites (tertiary alicyclic amines) is 1. The minimum atomic E-state index is -0.00897. The maximum absolute atomic E-state index is 12.6. The third kappa shape index (κ3) is 4.96. The minimum absolute atomic E-state index is 0.00897. The molecule has 0 atom stereocenters. The van der Waals surface area contributed by atoms with Crippen molar-refractivity contribution in [3.05, 3.63) is 48.0 Å². The van der Waals surface area contributed by atoms with Gasteiger partial charge in [0.1, 0.15) is 11.9 Å². The number of carbonyl (C=O) groups is 1. The Morgan fingerprint density at radius 3 is 2.53 bits per heavy atom. The van der Waals surface area contributed by atoms with Gasteiger partial charge in [0.15, 0.2) is 11.5 Å². The highest BCUT2D eigenvalue weighted by molar-refractivity contribution is 7.20. The SMILES string of the molecule is COc1ccc2nc(OC3CCN(C(=O)/C=C/c4ccc(OC)c(OC)c4)CC3)sc2c1. The number of carbonyl (C=O) groups excluding carboxylic acids is 1. The molecule has 1 aliphatic rings. The molecular formula is C24H26N2O5S. The van der Waals surface area contributed by atoms with Gasteiger partial charge in [-0.1, -0.05) is 17.4 Å². The average Bonchev–Trinajstić information content (AvgIpc) is 3.24. The van der Waals surface area contributed by atoms with E-state index < -0.39 is 0 Å². The van der Waals surface area contributed by atoms with E-state index in [-0.39, 0.29) is 12.0 Å². The number of methoxy groups -OCH3 is 3. The summed E-state index contributed by atoms with van der Waals surface area (Å²) in [6.07, 6.45) is 4.99. The molecule has 3 aromatic rings. The second-order valence-electron chi connectivity index (χ2n) is 7.40. The Labute approximate surface area is 191 Å². The number of amides is 1. The monoisotopic (exact) mass is 454 g/mol. The van der Waals surface area contributed by atoms with Gasteiger partial charge in [-0.15, -0.1) is 0 Å². The second kappa shape index (κ2) is 9.91. The van der Waals surface area contributed by atoms with Gasteiger partial charge in [0.2, 0.25) is 5.91 Å². The van der Waals surface area contributed by atoms with E-state index >= 15 is 0 Å². The number of rotatable bonds is 7. The first-order chi connectivity index (χ1) is 15.6. The molecular weight excluding hydrogens is 428 g/mol. The van der Waals surface area contributed by atoms with Gasteiger partial charge in [-0.2, -0.15) is 0 Å². The Balaban J connectivity index is 1.31. The van der Waals surface area contributed by atoms with Crippen LogP contribution in [0.1, 0.15) is 18.4 Å². The van der Waals surface area contributed by atoms with E-state index in [9.17, 15) is 4.79 Å². The Kier molecular flexibility index (Phi) is 6.80. The topological polar surface area (TPSA) is 70.1 Å². The van der Waals surface area contributed by atoms with Crippen LogP contribution in [0.2, 0.25) is 0 Å². The number of ether oxygens (including phenoxy) is 4. The molecule has 1 amide bonds. The molecule has 4 rings (SSSR count). The van der Waals surface area contributed by atoms with E-state index in [1.165, 1.54) is 11.3 Å². The summed E-state index contributed by atoms with van der Waals surface area (Å²) in [5.74, 6) is 2.09. The van der Waals surface area contributed by atoms with Gasteiger partial charge in [0.25, 0.3) is 5.19 Å². The quantitative estimate of drug-likeness (QED) is 0.493. The lowest BCUT2D eigenvalue weighted by Gasteiger charge is -2.30. The molecule has 0 saturated carbocycles. The summed E-state index contributed by atoms with van der Waals surface area (Å²) in [6.45, 7) is 1.30. The summed E-state index contributed by atoms with van der Waals surface area (Å²) >= 11 is 1.51. The van der Waals surface area contributed by atoms with E-state index in [1.807, 2.05) is 41.3 Å². The van der Waals surface area contributed by atoms with Crippen LogP contribution >= 0.6 is 11.3 Å². The zero-order chi connectivity index (χ0) is 22.5. The van der Waals surface area contributed by atoms with E-state index in [4.69, 9.17) is 18.9 Å². The van der Waals surface area contributed by atoms with Crippen LogP contribution in [0.15, 0.2) is 42.5 Å². The fraction of sp³-hybridized carbons (Fsp3) is 0.333. The van der Waals surface area contributed by atoms with E-state index in [1.54, 1.807) is 33.5 Å². The first-order valence-electron chi connectivity index (χ1n) is 10.4. The van der Waals surface area contributed by atoms with Gasteiger partial charge in [-0.05, 0) is 42.0 Å². The number of aromatic nitrogens is 1. The maximum Gasteiger partial charge on any atom is 0.274 e. The minimum Gasteiger partial charge on any atom is -0.497 e. The first-order valence-corrected chi connectivity index (χ1v) is 11.2. The summed E-state index contributed by atoms with van der Waals surface area (Å²) in [4.78, 5) is 19.0. The van der Waals surface area contributed by atoms with Crippen LogP contribution in [0.25, 0.3) is 16.3 Å². The lowest BCUT2D eigenvalue weighted by atomic mass is 10.1. The molecule has 0 bridgehead atoms. The van der Waals surface area contributed by atoms with Crippen molar-refractivity contribution >= 4 is 33.5 Å². The molecule has 0 unspecified atom stereocenters. The van der Waals surface area contributed by atoms with Crippen molar-refractivity contribution in [1.29, 1.82) is 0 Å². The predicted octanol–water partition coefficient (Wildman–Crippen LogP) is 4.41. The molecule has 2 aromatic carbocycles. The first kappa shape index (κ1) is 22.0. The van der Waals surface area contributed by atoms with Gasteiger partial charge in [-0.3, -0.25) is 4.79 Å². The van der Waals surface area contributed by atoms with Gasteiger partial charge in [-0.25, -0.2) is 4.98 Å². The van der Waals surface area contributed by atoms with Crippen LogP contribution in [0.3, 0.4) is 0 Å². The number of piperidine rings is 1. The van der Waals surface area contributed by atoms with Crippen LogP contribution < -0.4 is 18.9 Å². The highest BCUT2D eigenvalue weighted by Crippen LogP contribution is 2.32. The molecule has 0 spiro atoms. The zero-order valence-corrected chi connectivity index (χ0v) is 19.2. The molecule has 32 heavy (non-hydrogen) atoms. The number of benzene rings is 2. The fourth-order valence-corrected chi connectivity index (χ4v) is 4.54. The van der Waals surface area contributed by atoms with Crippen molar-refractivity contribution in [2.75, 3.05) is 34.4 Å². The molecule has 0 aliphatic carbocycles. The molecule has 2 heterocycles. The molecule has 8 heteroatoms. The van der Waals surface area contributed by atoms with Crippen molar-refractivity contribution in [3.63, 3.8) is 0 Å². The standard InChI is InChI=1S/C24H26N2O5S/c1-28-18-6-7-19-22(15-18)32-24(25-19)31-17-10-12-26(13-11-17)23(27)9-5-16-4-8-20(29-2)21(14-16)30-3/h4-9,14-15,17H,10-13H2,1-3H3/b9-5+. The summed E-state index contributed by atoms with van der Waals surface area (Å²) in [6, 6.07) is 11.3. The number of hydrogen-bond donors (Lipinski definition) is 0. The molecule has 1 saturated heterocycles. The normalized spacial score (nSPS) is 14.7. The van der Waals surface area contributed by atoms with Gasteiger partial charge in [0, 0.05) is 32.0 Å². The van der Waals surface area contributed by atoms with Crippen LogP contribution in [-0.4, -0.2) is 56.3 Å². The van der Waals surface area contributed by atoms with Crippen LogP contribution in [0, 0.1) is 0 Å². The van der Waals surface area contributed by atoms with Gasteiger partial charge < -0.3 is 23.8 Å². The largest absolute Gasteiger partial charge is 0.497 e. The van der Waals surface area contributed by atoms with E-state index in [2.05, 4.69) is 4.98 Å². The van der Waals surface area contributed by atoms with Crippen LogP contribution in [0.4, 0.5) is 0 Å². The van der Waals surface area contributed by atoms with Gasteiger partial charge >= 0.3 is 0 Å². The number of thiazole rings is 1. The van der Waals surface area contributed by atoms with Crippen LogP contribution in [0.5, 0.6) is 22.4 Å². The van der Waals surface area contributed by atoms with Crippen LogP contribution in [-0.2, 0) is 4.79 Å². The van der Waals surface area contributed by atoms with Crippen molar-refractivity contribution in [1.82, 2.24) is 9.88 Å². The number of hydrogen-bond acceptors (Lipinski definition) is 7. The number of fused-ring (bicyclic) bond motifs is 1. The molecule has 1 aromatic heterocycles. The summed E-state index contributed by atoms with van der Waals surface area (Å²) in [7, 11) is 4.84. The average molecular weight is 455 g/mol. The van der Waals surface area contributed by atoms with Crippen molar-refractivity contribution in [3.8, 4) is 22.4 Å². The third-order valence-electron chi connectivity index (χ3n) is 5.42. The molecule has 0 radical (unpaired) electrons. The molecule has 7 nitrogen and oxygen atoms in total. The Bertz CT molecular complexity index is 1120. The van der Waals surface area contributed by atoms with Crippen molar-refractivity contribution in [2.24, 2.45) is 0 Å². The summed E-state index contributed by atoms with van der Waals surface area (Å²) in [5.41, 5.74) is 1.78. The highest BCUT2D eigenvalue weighted by Gasteiger charge is 2.23. The van der Waals surface area contributed by atoms with E-state index in [0.717, 1.165) is 34.4 Å². The van der Waals surface area contributed by atoms with Crippen molar-refractivity contribution < 1.29 is 23.7 Å².